The Kier molecular flexibility index (Phi) is 6.17. The highest BCUT2D eigenvalue weighted by Crippen LogP contribution is 2.41. The third-order valence-corrected chi connectivity index (χ3v) is 7.70. The molecule has 2 aromatic carbocycles. The smallest absolute Gasteiger partial charge is 0.356 e. The summed E-state index contributed by atoms with van der Waals surface area (Å²) in [4.78, 5) is 37.8. The van der Waals surface area contributed by atoms with Crippen LogP contribution in [0.5, 0.6) is 0 Å². The normalized spacial score (nSPS) is 20.0. The summed E-state index contributed by atoms with van der Waals surface area (Å²) in [5.41, 5.74) is 1.09. The summed E-state index contributed by atoms with van der Waals surface area (Å²) in [6.07, 6.45) is 0.0762. The van der Waals surface area contributed by atoms with Crippen molar-refractivity contribution >= 4 is 39.7 Å². The van der Waals surface area contributed by atoms with Crippen molar-refractivity contribution < 1.29 is 32.1 Å². The van der Waals surface area contributed by atoms with Gasteiger partial charge in [0.1, 0.15) is 16.3 Å². The Hall–Kier alpha value is -3.31. The first-order valence-corrected chi connectivity index (χ1v) is 12.4. The molecule has 2 aliphatic rings. The van der Waals surface area contributed by atoms with Gasteiger partial charge in [0.25, 0.3) is 5.91 Å². The first-order valence-electron chi connectivity index (χ1n) is 9.93. The van der Waals surface area contributed by atoms with Gasteiger partial charge in [0.15, 0.2) is 11.5 Å². The van der Waals surface area contributed by atoms with E-state index in [1.54, 1.807) is 43.3 Å². The summed E-state index contributed by atoms with van der Waals surface area (Å²) in [5.74, 6) is -2.93. The lowest BCUT2D eigenvalue weighted by Crippen LogP contribution is -2.70. The van der Waals surface area contributed by atoms with Crippen LogP contribution in [0.2, 0.25) is 0 Å². The number of fused-ring (bicyclic) bond motifs is 1. The summed E-state index contributed by atoms with van der Waals surface area (Å²) in [7, 11) is -4.29. The molecule has 0 aliphatic carbocycles. The van der Waals surface area contributed by atoms with Gasteiger partial charge in [-0.15, -0.1) is 11.8 Å². The third-order valence-electron chi connectivity index (χ3n) is 5.18. The van der Waals surface area contributed by atoms with Crippen molar-refractivity contribution in [2.45, 2.75) is 29.7 Å². The third kappa shape index (κ3) is 4.60. The van der Waals surface area contributed by atoms with E-state index in [0.717, 1.165) is 27.8 Å². The zero-order valence-electron chi connectivity index (χ0n) is 17.4. The zero-order valence-corrected chi connectivity index (χ0v) is 19.1. The zero-order chi connectivity index (χ0) is 23.8. The number of thioether (sulfide) groups is 1. The Labute approximate surface area is 194 Å². The Morgan fingerprint density at radius 1 is 1.15 bits per heavy atom. The maximum atomic E-state index is 12.7. The molecule has 1 saturated heterocycles. The number of carboxylic acid groups (broad SMARTS) is 1. The second-order valence-electron chi connectivity index (χ2n) is 7.54. The fourth-order valence-electron chi connectivity index (χ4n) is 3.55. The van der Waals surface area contributed by atoms with Gasteiger partial charge in [-0.1, -0.05) is 48.0 Å². The van der Waals surface area contributed by atoms with E-state index in [-0.39, 0.29) is 28.7 Å². The molecule has 0 radical (unpaired) electrons. The monoisotopic (exact) mass is 488 g/mol. The fourth-order valence-corrected chi connectivity index (χ4v) is 5.84. The number of carbonyl (C=O) groups excluding carboxylic acids is 2. The van der Waals surface area contributed by atoms with E-state index < -0.39 is 39.1 Å². The van der Waals surface area contributed by atoms with Crippen LogP contribution in [0.1, 0.15) is 11.1 Å². The quantitative estimate of drug-likeness (QED) is 0.444. The van der Waals surface area contributed by atoms with Crippen LogP contribution in [0.3, 0.4) is 0 Å². The van der Waals surface area contributed by atoms with E-state index in [2.05, 4.69) is 5.32 Å². The van der Waals surface area contributed by atoms with Crippen molar-refractivity contribution in [3.8, 4) is 0 Å². The van der Waals surface area contributed by atoms with Crippen LogP contribution < -0.4 is 5.32 Å². The predicted molar refractivity (Wildman–Crippen MR) is 119 cm³/mol. The number of nitrogens with zero attached hydrogens (tertiary/aromatic N) is 1. The lowest BCUT2D eigenvalue weighted by atomic mass is 10.0. The highest BCUT2D eigenvalue weighted by atomic mass is 32.2. The van der Waals surface area contributed by atoms with Crippen molar-refractivity contribution in [2.24, 2.45) is 0 Å². The van der Waals surface area contributed by atoms with Gasteiger partial charge in [0.05, 0.1) is 12.2 Å². The molecule has 9 nitrogen and oxygen atoms in total. The Morgan fingerprint density at radius 2 is 1.82 bits per heavy atom. The average Bonchev–Trinajstić information content (AvgIpc) is 2.77. The minimum absolute atomic E-state index is 0.0762. The van der Waals surface area contributed by atoms with Crippen molar-refractivity contribution in [3.63, 3.8) is 0 Å². The van der Waals surface area contributed by atoms with Crippen LogP contribution in [0.15, 0.2) is 70.9 Å². The molecule has 1 unspecified atom stereocenters. The van der Waals surface area contributed by atoms with Gasteiger partial charge in [0, 0.05) is 0 Å². The van der Waals surface area contributed by atoms with Gasteiger partial charge in [-0.25, -0.2) is 4.79 Å². The molecule has 33 heavy (non-hydrogen) atoms. The number of aliphatic carboxylic acids is 1. The predicted octanol–water partition coefficient (Wildman–Crippen LogP) is 1.64. The molecule has 1 fully saturated rings. The number of aryl methyl sites for hydroxylation is 1. The number of hydrogen-bond donors (Lipinski definition) is 2. The molecule has 0 aromatic heterocycles. The fraction of sp³-hybridized carbons (Fsp3) is 0.227. The molecule has 2 aliphatic heterocycles. The van der Waals surface area contributed by atoms with Gasteiger partial charge in [0.2, 0.25) is 5.91 Å². The molecule has 2 N–H and O–H groups in total. The van der Waals surface area contributed by atoms with Crippen LogP contribution in [0.4, 0.5) is 0 Å². The maximum absolute atomic E-state index is 12.7. The van der Waals surface area contributed by atoms with Gasteiger partial charge >= 0.3 is 16.1 Å². The molecule has 0 saturated carbocycles. The standard InChI is InChI=1S/C22H20N2O7S2/c1-13-7-9-15(10-8-13)33(29,30)31-16-12-32-21-18(20(26)24(21)19(16)22(27)28)23-17(25)11-14-5-3-2-4-6-14/h2-10,18,21H,11-12H2,1H3,(H,23,25)(H,27,28)/t18?,21-/m0/s1. The summed E-state index contributed by atoms with van der Waals surface area (Å²) < 4.78 is 30.4. The number of hydrogen-bond acceptors (Lipinski definition) is 7. The first kappa shape index (κ1) is 22.9. The van der Waals surface area contributed by atoms with Crippen LogP contribution >= 0.6 is 11.8 Å². The van der Waals surface area contributed by atoms with E-state index in [1.807, 2.05) is 6.07 Å². The van der Waals surface area contributed by atoms with Crippen LogP contribution in [0.25, 0.3) is 0 Å². The Balaban J connectivity index is 1.51. The van der Waals surface area contributed by atoms with Gasteiger partial charge < -0.3 is 14.6 Å². The molecule has 0 bridgehead atoms. The molecule has 2 aromatic rings. The SMILES string of the molecule is Cc1ccc(S(=O)(=O)OC2=C(C(=O)O)N3C(=O)C(NC(=O)Cc4ccccc4)[C@@H]3SC2)cc1. The minimum Gasteiger partial charge on any atom is -0.476 e. The van der Waals surface area contributed by atoms with Crippen LogP contribution in [0, 0.1) is 6.92 Å². The van der Waals surface area contributed by atoms with Crippen molar-refractivity contribution in [2.75, 3.05) is 5.75 Å². The Bertz CT molecular complexity index is 1240. The highest BCUT2D eigenvalue weighted by Gasteiger charge is 2.55. The number of amides is 2. The lowest BCUT2D eigenvalue weighted by Gasteiger charge is -2.48. The Morgan fingerprint density at radius 3 is 2.45 bits per heavy atom. The molecule has 2 atom stereocenters. The summed E-state index contributed by atoms with van der Waals surface area (Å²) in [6.45, 7) is 1.80. The van der Waals surface area contributed by atoms with E-state index in [4.69, 9.17) is 4.18 Å². The summed E-state index contributed by atoms with van der Waals surface area (Å²) in [5, 5.41) is 11.7. The molecule has 172 valence electrons. The van der Waals surface area contributed by atoms with Gasteiger partial charge in [-0.05, 0) is 24.6 Å². The average molecular weight is 489 g/mol. The molecule has 4 rings (SSSR count). The maximum Gasteiger partial charge on any atom is 0.356 e. The van der Waals surface area contributed by atoms with Gasteiger partial charge in [-0.2, -0.15) is 8.42 Å². The van der Waals surface area contributed by atoms with Crippen molar-refractivity contribution in [1.29, 1.82) is 0 Å². The summed E-state index contributed by atoms with van der Waals surface area (Å²) >= 11 is 1.12. The molecule has 2 heterocycles. The second-order valence-corrected chi connectivity index (χ2v) is 10.2. The molecule has 11 heteroatoms. The number of rotatable bonds is 7. The van der Waals surface area contributed by atoms with Crippen LogP contribution in [-0.2, 0) is 35.1 Å². The van der Waals surface area contributed by atoms with E-state index in [9.17, 15) is 27.9 Å². The van der Waals surface area contributed by atoms with Crippen molar-refractivity contribution in [3.05, 3.63) is 77.2 Å². The number of carbonyl (C=O) groups is 3. The first-order chi connectivity index (χ1) is 15.7. The minimum atomic E-state index is -4.29. The second kappa shape index (κ2) is 8.91. The number of nitrogens with one attached hydrogen (secondary N) is 1. The van der Waals surface area contributed by atoms with Gasteiger partial charge in [-0.3, -0.25) is 14.5 Å². The molecular formula is C22H20N2O7S2. The topological polar surface area (TPSA) is 130 Å². The van der Waals surface area contributed by atoms with Crippen LogP contribution in [-0.4, -0.2) is 53.4 Å². The number of carboxylic acids is 1. The van der Waals surface area contributed by atoms with E-state index >= 15 is 0 Å². The number of β-lactam (4-membered cyclic amide) rings is 1. The molecule has 2 amide bonds. The summed E-state index contributed by atoms with van der Waals surface area (Å²) in [6, 6.07) is 14.0. The molecular weight excluding hydrogens is 468 g/mol. The highest BCUT2D eigenvalue weighted by molar-refractivity contribution is 8.00. The molecule has 0 spiro atoms. The van der Waals surface area contributed by atoms with E-state index in [0.29, 0.717) is 0 Å². The van der Waals surface area contributed by atoms with E-state index in [1.165, 1.54) is 12.1 Å². The largest absolute Gasteiger partial charge is 0.476 e. The van der Waals surface area contributed by atoms with Crippen molar-refractivity contribution in [1.82, 2.24) is 10.2 Å². The number of benzene rings is 2. The lowest BCUT2D eigenvalue weighted by molar-refractivity contribution is -0.151.